The molecule has 0 aliphatic carbocycles. The van der Waals surface area contributed by atoms with Crippen molar-refractivity contribution in [1.29, 1.82) is 0 Å². The molecule has 1 unspecified atom stereocenters. The van der Waals surface area contributed by atoms with Gasteiger partial charge >= 0.3 is 5.97 Å². The van der Waals surface area contributed by atoms with Crippen molar-refractivity contribution < 1.29 is 14.3 Å². The van der Waals surface area contributed by atoms with Crippen molar-refractivity contribution in [1.82, 2.24) is 0 Å². The Morgan fingerprint density at radius 2 is 1.88 bits per heavy atom. The van der Waals surface area contributed by atoms with Gasteiger partial charge in [-0.25, -0.2) is 0 Å². The summed E-state index contributed by atoms with van der Waals surface area (Å²) in [5, 5.41) is 0.601. The summed E-state index contributed by atoms with van der Waals surface area (Å²) in [5.74, 6) is -0.525. The molecule has 0 N–H and O–H groups in total. The molecule has 0 fully saturated rings. The Morgan fingerprint density at radius 1 is 1.29 bits per heavy atom. The number of esters is 1. The van der Waals surface area contributed by atoms with Crippen LogP contribution in [0.15, 0.2) is 24.3 Å². The number of Topliss-reactive ketones (excluding diaryl/α,β-unsaturated/α-hetero) is 1. The third-order valence-electron chi connectivity index (χ3n) is 2.57. The molecule has 1 atom stereocenters. The molecule has 0 aliphatic rings. The molecule has 0 saturated carbocycles. The van der Waals surface area contributed by atoms with Crippen molar-refractivity contribution in [2.75, 3.05) is 7.11 Å². The van der Waals surface area contributed by atoms with Crippen molar-refractivity contribution in [2.24, 2.45) is 5.92 Å². The van der Waals surface area contributed by atoms with E-state index in [1.807, 2.05) is 0 Å². The lowest BCUT2D eigenvalue weighted by Crippen LogP contribution is -2.14. The van der Waals surface area contributed by atoms with Crippen molar-refractivity contribution in [3.63, 3.8) is 0 Å². The molecular weight excluding hydrogens is 240 g/mol. The van der Waals surface area contributed by atoms with Crippen LogP contribution in [-0.4, -0.2) is 18.9 Å². The minimum Gasteiger partial charge on any atom is -0.469 e. The lowest BCUT2D eigenvalue weighted by molar-refractivity contribution is -0.144. The van der Waals surface area contributed by atoms with E-state index in [4.69, 9.17) is 11.6 Å². The SMILES string of the molecule is COC(=O)C(C)CCC(=O)c1ccc(Cl)cc1. The lowest BCUT2D eigenvalue weighted by Gasteiger charge is -2.08. The van der Waals surface area contributed by atoms with Crippen LogP contribution in [0, 0.1) is 5.92 Å². The van der Waals surface area contributed by atoms with Crippen LogP contribution in [0.25, 0.3) is 0 Å². The Morgan fingerprint density at radius 3 is 2.41 bits per heavy atom. The van der Waals surface area contributed by atoms with Crippen molar-refractivity contribution >= 4 is 23.4 Å². The van der Waals surface area contributed by atoms with Gasteiger partial charge < -0.3 is 4.74 Å². The van der Waals surface area contributed by atoms with E-state index in [-0.39, 0.29) is 17.7 Å². The zero-order valence-corrected chi connectivity index (χ0v) is 10.7. The molecule has 0 heterocycles. The van der Waals surface area contributed by atoms with Gasteiger partial charge in [0.15, 0.2) is 5.78 Å². The molecule has 0 radical (unpaired) electrons. The van der Waals surface area contributed by atoms with E-state index in [2.05, 4.69) is 4.74 Å². The van der Waals surface area contributed by atoms with E-state index in [9.17, 15) is 9.59 Å². The van der Waals surface area contributed by atoms with E-state index in [0.29, 0.717) is 23.4 Å². The molecule has 1 rings (SSSR count). The maximum atomic E-state index is 11.8. The molecule has 17 heavy (non-hydrogen) atoms. The average Bonchev–Trinajstić information content (AvgIpc) is 2.35. The predicted octanol–water partition coefficient (Wildman–Crippen LogP) is 3.11. The second-order valence-electron chi connectivity index (χ2n) is 3.89. The molecule has 1 aromatic carbocycles. The minimum absolute atomic E-state index is 0.0115. The van der Waals surface area contributed by atoms with Gasteiger partial charge in [-0.1, -0.05) is 18.5 Å². The van der Waals surface area contributed by atoms with Gasteiger partial charge in [-0.3, -0.25) is 9.59 Å². The number of hydrogen-bond acceptors (Lipinski definition) is 3. The molecule has 0 amide bonds. The number of ketones is 1. The van der Waals surface area contributed by atoms with Crippen LogP contribution >= 0.6 is 11.6 Å². The molecule has 0 aliphatic heterocycles. The monoisotopic (exact) mass is 254 g/mol. The van der Waals surface area contributed by atoms with Gasteiger partial charge in [-0.2, -0.15) is 0 Å². The fourth-order valence-electron chi connectivity index (χ4n) is 1.45. The van der Waals surface area contributed by atoms with Gasteiger partial charge in [0.2, 0.25) is 0 Å². The molecule has 3 nitrogen and oxygen atoms in total. The Labute approximate surface area is 106 Å². The van der Waals surface area contributed by atoms with Crippen molar-refractivity contribution in [2.45, 2.75) is 19.8 Å². The number of carbonyl (C=O) groups excluding carboxylic acids is 2. The second-order valence-corrected chi connectivity index (χ2v) is 4.33. The van der Waals surface area contributed by atoms with Gasteiger partial charge in [0.05, 0.1) is 13.0 Å². The van der Waals surface area contributed by atoms with E-state index >= 15 is 0 Å². The van der Waals surface area contributed by atoms with Gasteiger partial charge in [0, 0.05) is 17.0 Å². The van der Waals surface area contributed by atoms with Crippen molar-refractivity contribution in [3.8, 4) is 0 Å². The number of carbonyl (C=O) groups is 2. The summed E-state index contributed by atoms with van der Waals surface area (Å²) in [7, 11) is 1.35. The first-order valence-electron chi connectivity index (χ1n) is 5.41. The Balaban J connectivity index is 2.50. The van der Waals surface area contributed by atoms with Gasteiger partial charge in [0.1, 0.15) is 0 Å². The molecular formula is C13H15ClO3. The summed E-state index contributed by atoms with van der Waals surface area (Å²) >= 11 is 5.73. The smallest absolute Gasteiger partial charge is 0.308 e. The largest absolute Gasteiger partial charge is 0.469 e. The predicted molar refractivity (Wildman–Crippen MR) is 66.2 cm³/mol. The maximum absolute atomic E-state index is 11.8. The molecule has 0 spiro atoms. The van der Waals surface area contributed by atoms with Gasteiger partial charge in [0.25, 0.3) is 0 Å². The number of hydrogen-bond donors (Lipinski definition) is 0. The Kier molecular flexibility index (Phi) is 5.16. The first-order chi connectivity index (χ1) is 8.04. The molecule has 92 valence electrons. The van der Waals surface area contributed by atoms with Gasteiger partial charge in [-0.05, 0) is 30.7 Å². The highest BCUT2D eigenvalue weighted by Gasteiger charge is 2.15. The molecule has 0 bridgehead atoms. The van der Waals surface area contributed by atoms with Crippen LogP contribution in [0.2, 0.25) is 5.02 Å². The van der Waals surface area contributed by atoms with E-state index in [1.165, 1.54) is 7.11 Å². The topological polar surface area (TPSA) is 43.4 Å². The van der Waals surface area contributed by atoms with Crippen LogP contribution in [0.4, 0.5) is 0 Å². The minimum atomic E-state index is -0.283. The lowest BCUT2D eigenvalue weighted by atomic mass is 10.0. The third-order valence-corrected chi connectivity index (χ3v) is 2.83. The zero-order valence-electron chi connectivity index (χ0n) is 9.90. The zero-order chi connectivity index (χ0) is 12.8. The highest BCUT2D eigenvalue weighted by Crippen LogP contribution is 2.14. The number of rotatable bonds is 5. The fraction of sp³-hybridized carbons (Fsp3) is 0.385. The quantitative estimate of drug-likeness (QED) is 0.599. The average molecular weight is 255 g/mol. The normalized spacial score (nSPS) is 11.9. The molecule has 4 heteroatoms. The maximum Gasteiger partial charge on any atom is 0.308 e. The second kappa shape index (κ2) is 6.40. The standard InChI is InChI=1S/C13H15ClO3/c1-9(13(16)17-2)3-8-12(15)10-4-6-11(14)7-5-10/h4-7,9H,3,8H2,1-2H3. The van der Waals surface area contributed by atoms with Crippen LogP contribution in [-0.2, 0) is 9.53 Å². The highest BCUT2D eigenvalue weighted by molar-refractivity contribution is 6.30. The number of benzene rings is 1. The Bertz CT molecular complexity index is 398. The molecule has 0 saturated heterocycles. The van der Waals surface area contributed by atoms with Crippen LogP contribution in [0.5, 0.6) is 0 Å². The third kappa shape index (κ3) is 4.19. The summed E-state index contributed by atoms with van der Waals surface area (Å²) < 4.78 is 4.60. The number of methoxy groups -OCH3 is 1. The van der Waals surface area contributed by atoms with Gasteiger partial charge in [-0.15, -0.1) is 0 Å². The summed E-state index contributed by atoms with van der Waals surface area (Å²) in [6.07, 6.45) is 0.825. The molecule has 0 aromatic heterocycles. The first kappa shape index (κ1) is 13.7. The fourth-order valence-corrected chi connectivity index (χ4v) is 1.57. The van der Waals surface area contributed by atoms with Crippen molar-refractivity contribution in [3.05, 3.63) is 34.9 Å². The number of ether oxygens (including phenoxy) is 1. The summed E-state index contributed by atoms with van der Waals surface area (Å²) in [6, 6.07) is 6.73. The van der Waals surface area contributed by atoms with E-state index < -0.39 is 0 Å². The van der Waals surface area contributed by atoms with Crippen LogP contribution in [0.3, 0.4) is 0 Å². The Hall–Kier alpha value is -1.35. The highest BCUT2D eigenvalue weighted by atomic mass is 35.5. The van der Waals surface area contributed by atoms with Crippen LogP contribution < -0.4 is 0 Å². The number of halogens is 1. The van der Waals surface area contributed by atoms with E-state index in [0.717, 1.165) is 0 Å². The van der Waals surface area contributed by atoms with E-state index in [1.54, 1.807) is 31.2 Å². The molecule has 1 aromatic rings. The summed E-state index contributed by atoms with van der Waals surface area (Å²) in [6.45, 7) is 1.75. The summed E-state index contributed by atoms with van der Waals surface area (Å²) in [4.78, 5) is 22.9. The summed E-state index contributed by atoms with van der Waals surface area (Å²) in [5.41, 5.74) is 0.617. The van der Waals surface area contributed by atoms with Crippen LogP contribution in [0.1, 0.15) is 30.1 Å². The first-order valence-corrected chi connectivity index (χ1v) is 5.79.